The molecule has 1 unspecified atom stereocenters. The SMILES string of the molecule is CC=C(C)[C@H]1CC[C@H]2C3CC[C@H]4CC5(CC[C@@H]4[C@H]3CC[C@H]12)CC5. The summed E-state index contributed by atoms with van der Waals surface area (Å²) < 4.78 is 0. The van der Waals surface area contributed by atoms with Gasteiger partial charge in [-0.05, 0) is 131 Å². The molecule has 0 nitrogen and oxygen atoms in total. The molecular weight excluding hydrogens is 276 g/mol. The third-order valence-electron chi connectivity index (χ3n) is 9.54. The first-order valence-corrected chi connectivity index (χ1v) is 10.8. The highest BCUT2D eigenvalue weighted by Gasteiger charge is 2.55. The minimum absolute atomic E-state index is 0.882. The highest BCUT2D eigenvalue weighted by atomic mass is 14.6. The van der Waals surface area contributed by atoms with E-state index in [-0.39, 0.29) is 0 Å². The Hall–Kier alpha value is -0.260. The van der Waals surface area contributed by atoms with Gasteiger partial charge in [0, 0.05) is 0 Å². The molecule has 0 N–H and O–H groups in total. The minimum atomic E-state index is 0.882. The first kappa shape index (κ1) is 15.0. The lowest BCUT2D eigenvalue weighted by molar-refractivity contribution is -0.0356. The second-order valence-corrected chi connectivity index (χ2v) is 10.2. The Bertz CT molecular complexity index is 496. The van der Waals surface area contributed by atoms with Crippen LogP contribution in [0.5, 0.6) is 0 Å². The van der Waals surface area contributed by atoms with Crippen molar-refractivity contribution in [2.45, 2.75) is 84.5 Å². The van der Waals surface area contributed by atoms with Gasteiger partial charge in [0.25, 0.3) is 0 Å². The van der Waals surface area contributed by atoms with E-state index in [2.05, 4.69) is 19.9 Å². The lowest BCUT2D eigenvalue weighted by atomic mass is 9.52. The van der Waals surface area contributed by atoms with Gasteiger partial charge < -0.3 is 0 Å². The zero-order chi connectivity index (χ0) is 15.6. The molecule has 0 radical (unpaired) electrons. The van der Waals surface area contributed by atoms with E-state index in [9.17, 15) is 0 Å². The van der Waals surface area contributed by atoms with E-state index in [1.807, 2.05) is 0 Å². The molecule has 0 aromatic heterocycles. The molecule has 0 heteroatoms. The van der Waals surface area contributed by atoms with Gasteiger partial charge in [0.15, 0.2) is 0 Å². The molecule has 0 saturated heterocycles. The molecule has 5 saturated carbocycles. The summed E-state index contributed by atoms with van der Waals surface area (Å²) >= 11 is 0. The van der Waals surface area contributed by atoms with Crippen LogP contribution in [0.15, 0.2) is 11.6 Å². The topological polar surface area (TPSA) is 0 Å². The molecule has 0 aromatic carbocycles. The fourth-order valence-electron chi connectivity index (χ4n) is 8.14. The molecule has 0 aliphatic heterocycles. The molecule has 0 bridgehead atoms. The Kier molecular flexibility index (Phi) is 3.51. The second-order valence-electron chi connectivity index (χ2n) is 10.2. The summed E-state index contributed by atoms with van der Waals surface area (Å²) in [5, 5.41) is 0. The van der Waals surface area contributed by atoms with E-state index >= 15 is 0 Å². The average Bonchev–Trinajstić information content (AvgIpc) is 3.18. The van der Waals surface area contributed by atoms with Gasteiger partial charge >= 0.3 is 0 Å². The van der Waals surface area contributed by atoms with E-state index in [1.54, 1.807) is 69.8 Å². The van der Waals surface area contributed by atoms with Crippen LogP contribution in [0.2, 0.25) is 0 Å². The van der Waals surface area contributed by atoms with E-state index in [1.165, 1.54) is 6.42 Å². The van der Waals surface area contributed by atoms with Crippen LogP contribution in [0.25, 0.3) is 0 Å². The fourth-order valence-corrected chi connectivity index (χ4v) is 8.14. The van der Waals surface area contributed by atoms with Gasteiger partial charge in [-0.25, -0.2) is 0 Å². The number of allylic oxidation sites excluding steroid dienone is 2. The minimum Gasteiger partial charge on any atom is -0.0884 e. The monoisotopic (exact) mass is 312 g/mol. The van der Waals surface area contributed by atoms with Gasteiger partial charge in [-0.15, -0.1) is 0 Å². The van der Waals surface area contributed by atoms with E-state index in [0.29, 0.717) is 0 Å². The molecule has 128 valence electrons. The smallest absolute Gasteiger partial charge is 0.0175 e. The maximum atomic E-state index is 2.41. The summed E-state index contributed by atoms with van der Waals surface area (Å²) in [4.78, 5) is 0. The average molecular weight is 313 g/mol. The van der Waals surface area contributed by atoms with Crippen molar-refractivity contribution >= 4 is 0 Å². The van der Waals surface area contributed by atoms with E-state index in [0.717, 1.165) is 46.8 Å². The summed E-state index contributed by atoms with van der Waals surface area (Å²) in [7, 11) is 0. The lowest BCUT2D eigenvalue weighted by Crippen LogP contribution is -2.45. The predicted octanol–water partition coefficient (Wildman–Crippen LogP) is 6.61. The molecule has 1 spiro atoms. The third-order valence-corrected chi connectivity index (χ3v) is 9.54. The van der Waals surface area contributed by atoms with Gasteiger partial charge in [-0.1, -0.05) is 11.6 Å². The Morgan fingerprint density at radius 2 is 1.39 bits per heavy atom. The number of rotatable bonds is 1. The third kappa shape index (κ3) is 2.30. The fraction of sp³-hybridized carbons (Fsp3) is 0.913. The Morgan fingerprint density at radius 3 is 2.17 bits per heavy atom. The number of fused-ring (bicyclic) bond motifs is 5. The van der Waals surface area contributed by atoms with Gasteiger partial charge in [0.1, 0.15) is 0 Å². The molecule has 0 amide bonds. The number of hydrogen-bond donors (Lipinski definition) is 0. The van der Waals surface area contributed by atoms with Crippen molar-refractivity contribution in [1.82, 2.24) is 0 Å². The van der Waals surface area contributed by atoms with Gasteiger partial charge in [0.05, 0.1) is 0 Å². The summed E-state index contributed by atoms with van der Waals surface area (Å²) in [6, 6.07) is 0. The van der Waals surface area contributed by atoms with Crippen molar-refractivity contribution in [3.8, 4) is 0 Å². The van der Waals surface area contributed by atoms with Crippen molar-refractivity contribution in [2.24, 2.45) is 46.8 Å². The van der Waals surface area contributed by atoms with Gasteiger partial charge in [0.2, 0.25) is 0 Å². The zero-order valence-electron chi connectivity index (χ0n) is 15.4. The first-order valence-electron chi connectivity index (χ1n) is 10.8. The van der Waals surface area contributed by atoms with Crippen molar-refractivity contribution in [1.29, 1.82) is 0 Å². The van der Waals surface area contributed by atoms with Crippen molar-refractivity contribution < 1.29 is 0 Å². The number of hydrogen-bond acceptors (Lipinski definition) is 0. The highest BCUT2D eigenvalue weighted by molar-refractivity contribution is 5.11. The first-order chi connectivity index (χ1) is 11.2. The molecule has 7 atom stereocenters. The lowest BCUT2D eigenvalue weighted by Gasteiger charge is -2.53. The molecule has 5 aliphatic rings. The van der Waals surface area contributed by atoms with Crippen LogP contribution in [0, 0.1) is 46.8 Å². The van der Waals surface area contributed by atoms with Crippen molar-refractivity contribution in [3.05, 3.63) is 11.6 Å². The Morgan fingerprint density at radius 1 is 0.739 bits per heavy atom. The van der Waals surface area contributed by atoms with Crippen LogP contribution in [-0.2, 0) is 0 Å². The van der Waals surface area contributed by atoms with Crippen LogP contribution < -0.4 is 0 Å². The van der Waals surface area contributed by atoms with Crippen LogP contribution in [0.1, 0.15) is 84.5 Å². The normalized spacial score (nSPS) is 51.0. The van der Waals surface area contributed by atoms with Crippen molar-refractivity contribution in [3.63, 3.8) is 0 Å². The maximum absolute atomic E-state index is 2.41. The molecule has 5 rings (SSSR count). The molecule has 23 heavy (non-hydrogen) atoms. The largest absolute Gasteiger partial charge is 0.0884 e. The molecular formula is C23H36. The summed E-state index contributed by atoms with van der Waals surface area (Å²) in [5.41, 5.74) is 2.59. The zero-order valence-corrected chi connectivity index (χ0v) is 15.4. The highest BCUT2D eigenvalue weighted by Crippen LogP contribution is 2.65. The van der Waals surface area contributed by atoms with Crippen LogP contribution >= 0.6 is 0 Å². The van der Waals surface area contributed by atoms with E-state index < -0.39 is 0 Å². The molecule has 0 heterocycles. The van der Waals surface area contributed by atoms with Crippen LogP contribution in [-0.4, -0.2) is 0 Å². The maximum Gasteiger partial charge on any atom is -0.0175 e. The quantitative estimate of drug-likeness (QED) is 0.478. The summed E-state index contributed by atoms with van der Waals surface area (Å²) in [6.45, 7) is 4.67. The van der Waals surface area contributed by atoms with Crippen LogP contribution in [0.3, 0.4) is 0 Å². The molecule has 5 aliphatic carbocycles. The standard InChI is InChI=1S/C23H36/c1-3-15(2)17-6-7-22-19(17)8-9-20-18-10-11-23(12-13-23)14-16(18)4-5-21(20)22/h3,16-22H,4-14H2,1-2H3/t16-,17+,18-,19+,20+,21?,22+/m0/s1. The Labute approximate surface area is 143 Å². The molecule has 5 fully saturated rings. The molecule has 0 aromatic rings. The van der Waals surface area contributed by atoms with Crippen LogP contribution in [0.4, 0.5) is 0 Å². The predicted molar refractivity (Wildman–Crippen MR) is 97.1 cm³/mol. The summed E-state index contributed by atoms with van der Waals surface area (Å²) in [5.74, 6) is 7.65. The Balaban J connectivity index is 1.33. The van der Waals surface area contributed by atoms with Gasteiger partial charge in [-0.2, -0.15) is 0 Å². The van der Waals surface area contributed by atoms with Gasteiger partial charge in [-0.3, -0.25) is 0 Å². The van der Waals surface area contributed by atoms with E-state index in [4.69, 9.17) is 0 Å². The second kappa shape index (κ2) is 5.37. The summed E-state index contributed by atoms with van der Waals surface area (Å²) in [6.07, 6.45) is 19.8. The van der Waals surface area contributed by atoms with Crippen molar-refractivity contribution in [2.75, 3.05) is 0 Å².